The predicted octanol–water partition coefficient (Wildman–Crippen LogP) is 3.52. The van der Waals surface area contributed by atoms with Crippen molar-refractivity contribution in [1.82, 2.24) is 15.0 Å². The summed E-state index contributed by atoms with van der Waals surface area (Å²) in [6.45, 7) is 1.98. The van der Waals surface area contributed by atoms with Gasteiger partial charge in [-0.15, -0.1) is 11.3 Å². The molecule has 1 N–H and O–H groups in total. The Hall–Kier alpha value is -2.78. The van der Waals surface area contributed by atoms with Gasteiger partial charge in [-0.05, 0) is 31.2 Å². The zero-order valence-corrected chi connectivity index (χ0v) is 12.1. The number of thiazole rings is 1. The molecule has 0 aliphatic carbocycles. The first kappa shape index (κ1) is 13.2. The third-order valence-electron chi connectivity index (χ3n) is 2.82. The van der Waals surface area contributed by atoms with Crippen LogP contribution in [0, 0.1) is 18.3 Å². The molecule has 1 aromatic carbocycles. The Kier molecular flexibility index (Phi) is 3.58. The van der Waals surface area contributed by atoms with E-state index in [1.807, 2.05) is 42.6 Å². The van der Waals surface area contributed by atoms with Gasteiger partial charge in [0.1, 0.15) is 11.1 Å². The Morgan fingerprint density at radius 3 is 2.57 bits per heavy atom. The van der Waals surface area contributed by atoms with E-state index in [4.69, 9.17) is 5.26 Å². The summed E-state index contributed by atoms with van der Waals surface area (Å²) in [5.74, 6) is 0.456. The van der Waals surface area contributed by atoms with E-state index in [2.05, 4.69) is 20.3 Å². The van der Waals surface area contributed by atoms with Gasteiger partial charge >= 0.3 is 0 Å². The molecule has 3 rings (SSSR count). The summed E-state index contributed by atoms with van der Waals surface area (Å²) in [6.07, 6.45) is 3.05. The number of aromatic nitrogens is 3. The van der Waals surface area contributed by atoms with Crippen LogP contribution in [0.15, 0.2) is 42.0 Å². The fourth-order valence-electron chi connectivity index (χ4n) is 1.83. The molecule has 0 atom stereocenters. The Bertz CT molecular complexity index is 801. The minimum atomic E-state index is 0.275. The molecule has 102 valence electrons. The third-order valence-corrected chi connectivity index (χ3v) is 3.83. The molecule has 0 fully saturated rings. The summed E-state index contributed by atoms with van der Waals surface area (Å²) in [7, 11) is 0. The Morgan fingerprint density at radius 2 is 1.90 bits per heavy atom. The number of anilines is 2. The molecule has 0 radical (unpaired) electrons. The predicted molar refractivity (Wildman–Crippen MR) is 82.3 cm³/mol. The van der Waals surface area contributed by atoms with Crippen LogP contribution in [0.5, 0.6) is 0 Å². The molecule has 3 aromatic rings. The van der Waals surface area contributed by atoms with Crippen molar-refractivity contribution in [3.63, 3.8) is 0 Å². The molecule has 2 heterocycles. The Labute approximate surface area is 126 Å². The minimum Gasteiger partial charge on any atom is -0.338 e. The Morgan fingerprint density at radius 1 is 1.14 bits per heavy atom. The highest BCUT2D eigenvalue weighted by Gasteiger charge is 2.06. The van der Waals surface area contributed by atoms with E-state index in [9.17, 15) is 0 Å². The van der Waals surface area contributed by atoms with Gasteiger partial charge in [-0.25, -0.2) is 15.0 Å². The standard InChI is InChI=1S/C15H11N5S/c1-10-9-21-15(19-10)11-2-4-12(5-3-11)20-14-13(8-16)17-6-7-18-14/h2-7,9H,1H3,(H,18,20). The second-order valence-electron chi connectivity index (χ2n) is 4.36. The maximum absolute atomic E-state index is 8.99. The van der Waals surface area contributed by atoms with Gasteiger partial charge < -0.3 is 5.32 Å². The molecule has 0 aliphatic rings. The monoisotopic (exact) mass is 293 g/mol. The second-order valence-corrected chi connectivity index (χ2v) is 5.22. The van der Waals surface area contributed by atoms with Crippen molar-refractivity contribution in [1.29, 1.82) is 5.26 Å². The van der Waals surface area contributed by atoms with E-state index >= 15 is 0 Å². The van der Waals surface area contributed by atoms with Crippen LogP contribution in [0.1, 0.15) is 11.4 Å². The van der Waals surface area contributed by atoms with Crippen molar-refractivity contribution in [2.24, 2.45) is 0 Å². The van der Waals surface area contributed by atoms with Crippen molar-refractivity contribution < 1.29 is 0 Å². The van der Waals surface area contributed by atoms with Gasteiger partial charge in [-0.3, -0.25) is 0 Å². The van der Waals surface area contributed by atoms with Crippen LogP contribution < -0.4 is 5.32 Å². The normalized spacial score (nSPS) is 10.1. The van der Waals surface area contributed by atoms with E-state index < -0.39 is 0 Å². The highest BCUT2D eigenvalue weighted by molar-refractivity contribution is 7.13. The number of hydrogen-bond acceptors (Lipinski definition) is 6. The molecule has 5 nitrogen and oxygen atoms in total. The number of nitriles is 1. The molecule has 21 heavy (non-hydrogen) atoms. The van der Waals surface area contributed by atoms with Crippen LogP contribution in [0.4, 0.5) is 11.5 Å². The third kappa shape index (κ3) is 2.88. The molecule has 0 saturated carbocycles. The van der Waals surface area contributed by atoms with Crippen LogP contribution in [-0.4, -0.2) is 15.0 Å². The smallest absolute Gasteiger partial charge is 0.183 e. The van der Waals surface area contributed by atoms with E-state index in [0.717, 1.165) is 22.0 Å². The zero-order chi connectivity index (χ0) is 14.7. The highest BCUT2D eigenvalue weighted by atomic mass is 32.1. The molecule has 0 bridgehead atoms. The van der Waals surface area contributed by atoms with E-state index in [0.29, 0.717) is 5.82 Å². The van der Waals surface area contributed by atoms with Crippen LogP contribution in [0.3, 0.4) is 0 Å². The number of benzene rings is 1. The minimum absolute atomic E-state index is 0.275. The van der Waals surface area contributed by atoms with Gasteiger partial charge in [0.15, 0.2) is 11.5 Å². The molecular formula is C15H11N5S. The lowest BCUT2D eigenvalue weighted by molar-refractivity contribution is 1.16. The molecule has 0 aliphatic heterocycles. The first-order chi connectivity index (χ1) is 10.3. The lowest BCUT2D eigenvalue weighted by atomic mass is 10.2. The molecule has 2 aromatic heterocycles. The number of aryl methyl sites for hydroxylation is 1. The second kappa shape index (κ2) is 5.69. The quantitative estimate of drug-likeness (QED) is 0.799. The van der Waals surface area contributed by atoms with Gasteiger partial charge in [0.05, 0.1) is 0 Å². The van der Waals surface area contributed by atoms with Crippen molar-refractivity contribution in [2.45, 2.75) is 6.92 Å². The fourth-order valence-corrected chi connectivity index (χ4v) is 2.63. The molecular weight excluding hydrogens is 282 g/mol. The van der Waals surface area contributed by atoms with Gasteiger partial charge in [-0.2, -0.15) is 5.26 Å². The maximum atomic E-state index is 8.99. The van der Waals surface area contributed by atoms with Crippen molar-refractivity contribution in [3.05, 3.63) is 53.4 Å². The number of rotatable bonds is 3. The summed E-state index contributed by atoms with van der Waals surface area (Å²) in [5.41, 5.74) is 3.22. The lowest BCUT2D eigenvalue weighted by Gasteiger charge is -2.06. The summed E-state index contributed by atoms with van der Waals surface area (Å²) < 4.78 is 0. The zero-order valence-electron chi connectivity index (χ0n) is 11.2. The van der Waals surface area contributed by atoms with Gasteiger partial charge in [0.2, 0.25) is 0 Å². The van der Waals surface area contributed by atoms with Crippen LogP contribution in [-0.2, 0) is 0 Å². The molecule has 0 amide bonds. The van der Waals surface area contributed by atoms with E-state index in [-0.39, 0.29) is 5.69 Å². The fraction of sp³-hybridized carbons (Fsp3) is 0.0667. The maximum Gasteiger partial charge on any atom is 0.183 e. The summed E-state index contributed by atoms with van der Waals surface area (Å²) in [6, 6.07) is 9.85. The largest absolute Gasteiger partial charge is 0.338 e. The first-order valence-corrected chi connectivity index (χ1v) is 7.15. The number of nitrogens with one attached hydrogen (secondary N) is 1. The number of nitrogens with zero attached hydrogens (tertiary/aromatic N) is 4. The van der Waals surface area contributed by atoms with E-state index in [1.54, 1.807) is 17.5 Å². The average Bonchev–Trinajstić information content (AvgIpc) is 2.95. The van der Waals surface area contributed by atoms with Gasteiger partial charge in [-0.1, -0.05) is 0 Å². The highest BCUT2D eigenvalue weighted by Crippen LogP contribution is 2.25. The molecule has 0 saturated heterocycles. The summed E-state index contributed by atoms with van der Waals surface area (Å²) in [4.78, 5) is 12.5. The van der Waals surface area contributed by atoms with Gasteiger partial charge in [0, 0.05) is 34.7 Å². The Balaban J connectivity index is 1.83. The SMILES string of the molecule is Cc1csc(-c2ccc(Nc3nccnc3C#N)cc2)n1. The van der Waals surface area contributed by atoms with Crippen molar-refractivity contribution in [3.8, 4) is 16.6 Å². The topological polar surface area (TPSA) is 74.5 Å². The number of hydrogen-bond donors (Lipinski definition) is 1. The average molecular weight is 293 g/mol. The molecule has 6 heteroatoms. The molecule has 0 unspecified atom stereocenters. The summed E-state index contributed by atoms with van der Waals surface area (Å²) >= 11 is 1.62. The summed E-state index contributed by atoms with van der Waals surface area (Å²) in [5, 5.41) is 15.1. The first-order valence-electron chi connectivity index (χ1n) is 6.27. The van der Waals surface area contributed by atoms with Crippen LogP contribution >= 0.6 is 11.3 Å². The van der Waals surface area contributed by atoms with Crippen LogP contribution in [0.2, 0.25) is 0 Å². The van der Waals surface area contributed by atoms with Crippen molar-refractivity contribution >= 4 is 22.8 Å². The van der Waals surface area contributed by atoms with E-state index in [1.165, 1.54) is 6.20 Å². The van der Waals surface area contributed by atoms with Crippen LogP contribution in [0.25, 0.3) is 10.6 Å². The molecule has 0 spiro atoms. The lowest BCUT2D eigenvalue weighted by Crippen LogP contribution is -1.98. The van der Waals surface area contributed by atoms with Gasteiger partial charge in [0.25, 0.3) is 0 Å². The van der Waals surface area contributed by atoms with Crippen molar-refractivity contribution in [2.75, 3.05) is 5.32 Å².